The molecule has 2 atom stereocenters. The van der Waals surface area contributed by atoms with Crippen LogP contribution in [0.25, 0.3) is 0 Å². The molecule has 1 aliphatic heterocycles. The molecule has 1 aromatic carbocycles. The fraction of sp³-hybridized carbons (Fsp3) is 0.571. The summed E-state index contributed by atoms with van der Waals surface area (Å²) < 4.78 is 11.1. The van der Waals surface area contributed by atoms with Crippen molar-refractivity contribution >= 4 is 11.6 Å². The zero-order valence-corrected chi connectivity index (χ0v) is 12.2. The predicted molar refractivity (Wildman–Crippen MR) is 76.7 cm³/mol. The van der Waals surface area contributed by atoms with E-state index in [-0.39, 0.29) is 6.10 Å². The van der Waals surface area contributed by atoms with Crippen LogP contribution in [0.5, 0.6) is 5.75 Å². The molecule has 106 valence electrons. The molecule has 4 nitrogen and oxygen atoms in total. The second kappa shape index (κ2) is 6.57. The zero-order chi connectivity index (χ0) is 13.8. The summed E-state index contributed by atoms with van der Waals surface area (Å²) in [5.41, 5.74) is 6.78. The molecule has 1 aliphatic rings. The molecule has 0 aliphatic carbocycles. The Hall–Kier alpha value is -0.810. The molecule has 1 aromatic rings. The largest absolute Gasteiger partial charge is 0.496 e. The van der Waals surface area contributed by atoms with Crippen LogP contribution in [0.1, 0.15) is 12.5 Å². The number of benzene rings is 1. The summed E-state index contributed by atoms with van der Waals surface area (Å²) >= 11 is 6.07. The van der Waals surface area contributed by atoms with Gasteiger partial charge in [-0.05, 0) is 25.1 Å². The molecule has 0 radical (unpaired) electrons. The van der Waals surface area contributed by atoms with Gasteiger partial charge in [0.1, 0.15) is 5.75 Å². The van der Waals surface area contributed by atoms with Gasteiger partial charge < -0.3 is 15.2 Å². The van der Waals surface area contributed by atoms with E-state index in [1.54, 1.807) is 7.11 Å². The molecule has 0 aromatic heterocycles. The van der Waals surface area contributed by atoms with Crippen LogP contribution in [-0.4, -0.2) is 43.9 Å². The second-order valence-electron chi connectivity index (χ2n) is 4.93. The van der Waals surface area contributed by atoms with Gasteiger partial charge in [-0.3, -0.25) is 4.90 Å². The van der Waals surface area contributed by atoms with Crippen LogP contribution in [0.2, 0.25) is 5.02 Å². The van der Waals surface area contributed by atoms with E-state index in [0.29, 0.717) is 19.2 Å². The first kappa shape index (κ1) is 14.6. The van der Waals surface area contributed by atoms with Crippen molar-refractivity contribution in [3.8, 4) is 5.75 Å². The standard InChI is InChI=1S/C14H21ClN2O2/c1-10-9-19-13(6-16)8-17(10)7-11-5-12(15)3-4-14(11)18-2/h3-5,10,13H,6-9,16H2,1-2H3. The van der Waals surface area contributed by atoms with Gasteiger partial charge in [0.15, 0.2) is 0 Å². The van der Waals surface area contributed by atoms with Gasteiger partial charge in [0.05, 0.1) is 19.8 Å². The van der Waals surface area contributed by atoms with Gasteiger partial charge in [0, 0.05) is 36.3 Å². The van der Waals surface area contributed by atoms with Crippen LogP contribution in [0.4, 0.5) is 0 Å². The Kier molecular flexibility index (Phi) is 5.05. The third-order valence-corrected chi connectivity index (χ3v) is 3.75. The summed E-state index contributed by atoms with van der Waals surface area (Å²) in [4.78, 5) is 2.36. The Morgan fingerprint density at radius 1 is 1.53 bits per heavy atom. The minimum atomic E-state index is 0.112. The zero-order valence-electron chi connectivity index (χ0n) is 11.4. The maximum Gasteiger partial charge on any atom is 0.123 e. The smallest absolute Gasteiger partial charge is 0.123 e. The van der Waals surface area contributed by atoms with E-state index >= 15 is 0 Å². The quantitative estimate of drug-likeness (QED) is 0.917. The van der Waals surface area contributed by atoms with Crippen molar-refractivity contribution in [1.29, 1.82) is 0 Å². The van der Waals surface area contributed by atoms with Crippen LogP contribution in [0.3, 0.4) is 0 Å². The fourth-order valence-electron chi connectivity index (χ4n) is 2.33. The highest BCUT2D eigenvalue weighted by Gasteiger charge is 2.25. The SMILES string of the molecule is COc1ccc(Cl)cc1CN1CC(CN)OCC1C. The van der Waals surface area contributed by atoms with Gasteiger partial charge in [0.2, 0.25) is 0 Å². The molecule has 0 amide bonds. The Balaban J connectivity index is 2.12. The normalized spacial score (nSPS) is 24.4. The Morgan fingerprint density at radius 2 is 2.32 bits per heavy atom. The molecule has 5 heteroatoms. The molecule has 1 heterocycles. The third kappa shape index (κ3) is 3.60. The van der Waals surface area contributed by atoms with Crippen molar-refractivity contribution < 1.29 is 9.47 Å². The number of morpholine rings is 1. The van der Waals surface area contributed by atoms with Crippen molar-refractivity contribution in [1.82, 2.24) is 4.90 Å². The van der Waals surface area contributed by atoms with E-state index in [1.165, 1.54) is 0 Å². The second-order valence-corrected chi connectivity index (χ2v) is 5.36. The lowest BCUT2D eigenvalue weighted by atomic mass is 10.1. The number of nitrogens with zero attached hydrogens (tertiary/aromatic N) is 1. The van der Waals surface area contributed by atoms with Crippen molar-refractivity contribution in [3.05, 3.63) is 28.8 Å². The molecule has 1 fully saturated rings. The average Bonchev–Trinajstić information content (AvgIpc) is 2.41. The molecular weight excluding hydrogens is 264 g/mol. The lowest BCUT2D eigenvalue weighted by molar-refractivity contribution is -0.0569. The summed E-state index contributed by atoms with van der Waals surface area (Å²) in [7, 11) is 1.68. The first-order chi connectivity index (χ1) is 9.13. The molecule has 1 saturated heterocycles. The van der Waals surface area contributed by atoms with Gasteiger partial charge >= 0.3 is 0 Å². The van der Waals surface area contributed by atoms with Gasteiger partial charge in [-0.2, -0.15) is 0 Å². The Morgan fingerprint density at radius 3 is 3.00 bits per heavy atom. The molecule has 0 bridgehead atoms. The van der Waals surface area contributed by atoms with E-state index in [1.807, 2.05) is 18.2 Å². The highest BCUT2D eigenvalue weighted by atomic mass is 35.5. The number of hydrogen-bond donors (Lipinski definition) is 1. The first-order valence-corrected chi connectivity index (χ1v) is 6.90. The van der Waals surface area contributed by atoms with Crippen LogP contribution in [-0.2, 0) is 11.3 Å². The predicted octanol–water partition coefficient (Wildman–Crippen LogP) is 1.90. The van der Waals surface area contributed by atoms with Gasteiger partial charge in [0.25, 0.3) is 0 Å². The van der Waals surface area contributed by atoms with E-state index in [2.05, 4.69) is 11.8 Å². The van der Waals surface area contributed by atoms with Crippen molar-refractivity contribution in [2.75, 3.05) is 26.8 Å². The van der Waals surface area contributed by atoms with E-state index in [4.69, 9.17) is 26.8 Å². The van der Waals surface area contributed by atoms with Crippen LogP contribution in [0.15, 0.2) is 18.2 Å². The number of halogens is 1. The lowest BCUT2D eigenvalue weighted by Crippen LogP contribution is -2.50. The molecular formula is C14H21ClN2O2. The van der Waals surface area contributed by atoms with E-state index in [0.717, 1.165) is 29.4 Å². The maximum atomic E-state index is 6.07. The lowest BCUT2D eigenvalue weighted by Gasteiger charge is -2.37. The topological polar surface area (TPSA) is 47.7 Å². The first-order valence-electron chi connectivity index (χ1n) is 6.52. The van der Waals surface area contributed by atoms with Gasteiger partial charge in [-0.25, -0.2) is 0 Å². The van der Waals surface area contributed by atoms with E-state index < -0.39 is 0 Å². The number of methoxy groups -OCH3 is 1. The highest BCUT2D eigenvalue weighted by Crippen LogP contribution is 2.25. The molecule has 0 saturated carbocycles. The number of ether oxygens (including phenoxy) is 2. The Bertz CT molecular complexity index is 428. The molecule has 19 heavy (non-hydrogen) atoms. The number of nitrogens with two attached hydrogens (primary N) is 1. The third-order valence-electron chi connectivity index (χ3n) is 3.51. The summed E-state index contributed by atoms with van der Waals surface area (Å²) in [6, 6.07) is 6.07. The monoisotopic (exact) mass is 284 g/mol. The summed E-state index contributed by atoms with van der Waals surface area (Å²) in [5, 5.41) is 0.729. The number of hydrogen-bond acceptors (Lipinski definition) is 4. The molecule has 2 N–H and O–H groups in total. The summed E-state index contributed by atoms with van der Waals surface area (Å²) in [6.45, 7) is 5.06. The molecule has 2 unspecified atom stereocenters. The van der Waals surface area contributed by atoms with E-state index in [9.17, 15) is 0 Å². The van der Waals surface area contributed by atoms with Crippen molar-refractivity contribution in [3.63, 3.8) is 0 Å². The summed E-state index contributed by atoms with van der Waals surface area (Å²) in [5.74, 6) is 0.868. The molecule has 0 spiro atoms. The minimum Gasteiger partial charge on any atom is -0.496 e. The highest BCUT2D eigenvalue weighted by molar-refractivity contribution is 6.30. The van der Waals surface area contributed by atoms with Gasteiger partial charge in [-0.1, -0.05) is 11.6 Å². The van der Waals surface area contributed by atoms with Crippen LogP contribution >= 0.6 is 11.6 Å². The van der Waals surface area contributed by atoms with Crippen molar-refractivity contribution in [2.45, 2.75) is 25.6 Å². The van der Waals surface area contributed by atoms with Crippen LogP contribution in [0, 0.1) is 0 Å². The van der Waals surface area contributed by atoms with Crippen molar-refractivity contribution in [2.24, 2.45) is 5.73 Å². The molecule has 2 rings (SSSR count). The fourth-order valence-corrected chi connectivity index (χ4v) is 2.52. The van der Waals surface area contributed by atoms with Crippen LogP contribution < -0.4 is 10.5 Å². The number of rotatable bonds is 4. The minimum absolute atomic E-state index is 0.112. The summed E-state index contributed by atoms with van der Waals surface area (Å²) in [6.07, 6.45) is 0.112. The Labute approximate surface area is 119 Å². The maximum absolute atomic E-state index is 6.07. The van der Waals surface area contributed by atoms with Gasteiger partial charge in [-0.15, -0.1) is 0 Å². The average molecular weight is 285 g/mol.